The van der Waals surface area contributed by atoms with Crippen molar-refractivity contribution in [1.29, 1.82) is 0 Å². The van der Waals surface area contributed by atoms with Crippen LogP contribution < -0.4 is 0 Å². The lowest BCUT2D eigenvalue weighted by Crippen LogP contribution is -1.97. The fourth-order valence-electron chi connectivity index (χ4n) is 1.37. The Morgan fingerprint density at radius 1 is 1.50 bits per heavy atom. The molecule has 2 nitrogen and oxygen atoms in total. The summed E-state index contributed by atoms with van der Waals surface area (Å²) in [5, 5.41) is 3.63. The molecule has 0 saturated heterocycles. The van der Waals surface area contributed by atoms with E-state index < -0.39 is 0 Å². The molecule has 1 radical (unpaired) electrons. The molecule has 0 saturated carbocycles. The maximum absolute atomic E-state index is 5.13. The van der Waals surface area contributed by atoms with Crippen LogP contribution in [0.3, 0.4) is 0 Å². The molecule has 1 aromatic carbocycles. The van der Waals surface area contributed by atoms with Crippen molar-refractivity contribution in [3.8, 4) is 0 Å². The predicted molar refractivity (Wildman–Crippen MR) is 47.1 cm³/mol. The van der Waals surface area contributed by atoms with Crippen LogP contribution in [-0.2, 0) is 4.84 Å². The van der Waals surface area contributed by atoms with Crippen molar-refractivity contribution >= 4 is 6.21 Å². The lowest BCUT2D eigenvalue weighted by Gasteiger charge is -2.10. The zero-order chi connectivity index (χ0) is 8.39. The topological polar surface area (TPSA) is 21.6 Å². The van der Waals surface area contributed by atoms with E-state index in [1.54, 1.807) is 0 Å². The van der Waals surface area contributed by atoms with Crippen molar-refractivity contribution in [3.63, 3.8) is 0 Å². The molecule has 1 aromatic rings. The van der Waals surface area contributed by atoms with Crippen LogP contribution in [0.4, 0.5) is 0 Å². The van der Waals surface area contributed by atoms with Crippen LogP contribution >= 0.6 is 0 Å². The van der Waals surface area contributed by atoms with Gasteiger partial charge in [0.25, 0.3) is 0 Å². The molecule has 0 bridgehead atoms. The second kappa shape index (κ2) is 2.97. The zero-order valence-corrected chi connectivity index (χ0v) is 6.95. The van der Waals surface area contributed by atoms with Crippen LogP contribution in [-0.4, -0.2) is 6.21 Å². The predicted octanol–water partition coefficient (Wildman–Crippen LogP) is 2.32. The molecule has 0 N–H and O–H groups in total. The molecule has 0 aromatic heterocycles. The van der Waals surface area contributed by atoms with Gasteiger partial charge >= 0.3 is 0 Å². The molecule has 2 rings (SSSR count). The number of rotatable bonds is 1. The number of hydrogen-bond donors (Lipinski definition) is 0. The molecule has 0 amide bonds. The molecular weight excluding hydrogens is 150 g/mol. The summed E-state index contributed by atoms with van der Waals surface area (Å²) < 4.78 is 0. The van der Waals surface area contributed by atoms with Gasteiger partial charge < -0.3 is 4.84 Å². The van der Waals surface area contributed by atoms with Gasteiger partial charge in [0.2, 0.25) is 0 Å². The minimum atomic E-state index is 0.0891. The average Bonchev–Trinajstić information content (AvgIpc) is 2.57. The Kier molecular flexibility index (Phi) is 1.82. The van der Waals surface area contributed by atoms with Gasteiger partial charge in [0.05, 0.1) is 0 Å². The van der Waals surface area contributed by atoms with E-state index in [-0.39, 0.29) is 6.10 Å². The highest BCUT2D eigenvalue weighted by atomic mass is 16.6. The van der Waals surface area contributed by atoms with E-state index >= 15 is 0 Å². The van der Waals surface area contributed by atoms with Crippen molar-refractivity contribution in [2.24, 2.45) is 5.16 Å². The van der Waals surface area contributed by atoms with Gasteiger partial charge in [-0.25, -0.2) is 0 Å². The fourth-order valence-corrected chi connectivity index (χ4v) is 1.37. The second-order valence-electron chi connectivity index (χ2n) is 2.90. The Morgan fingerprint density at radius 3 is 3.00 bits per heavy atom. The second-order valence-corrected chi connectivity index (χ2v) is 2.90. The highest BCUT2D eigenvalue weighted by molar-refractivity contribution is 5.59. The standard InChI is InChI=1S/C10H10NO/c1-8-4-2-3-5-9(8)10-6-7-11-12-10/h2-5,10H,6H2,1H3. The Labute approximate surface area is 71.8 Å². The van der Waals surface area contributed by atoms with E-state index in [1.165, 1.54) is 11.1 Å². The summed E-state index contributed by atoms with van der Waals surface area (Å²) in [4.78, 5) is 5.13. The van der Waals surface area contributed by atoms with Gasteiger partial charge in [0, 0.05) is 6.42 Å². The highest BCUT2D eigenvalue weighted by Gasteiger charge is 2.17. The fraction of sp³-hybridized carbons (Fsp3) is 0.300. The monoisotopic (exact) mass is 160 g/mol. The summed E-state index contributed by atoms with van der Waals surface area (Å²) in [5.41, 5.74) is 2.47. The van der Waals surface area contributed by atoms with Gasteiger partial charge in [0.1, 0.15) is 6.21 Å². The largest absolute Gasteiger partial charge is 0.387 e. The molecule has 12 heavy (non-hydrogen) atoms. The lowest BCUT2D eigenvalue weighted by molar-refractivity contribution is 0.0853. The Hall–Kier alpha value is -1.31. The van der Waals surface area contributed by atoms with Crippen LogP contribution in [0.15, 0.2) is 29.4 Å². The van der Waals surface area contributed by atoms with Crippen LogP contribution in [0, 0.1) is 6.92 Å². The molecule has 1 heterocycles. The summed E-state index contributed by atoms with van der Waals surface area (Å²) in [6.45, 7) is 2.08. The van der Waals surface area contributed by atoms with Crippen LogP contribution in [0.5, 0.6) is 0 Å². The smallest absolute Gasteiger partial charge is 0.158 e. The van der Waals surface area contributed by atoms with Gasteiger partial charge in [-0.15, -0.1) is 0 Å². The minimum absolute atomic E-state index is 0.0891. The Bertz CT molecular complexity index is 298. The van der Waals surface area contributed by atoms with Gasteiger partial charge in [-0.1, -0.05) is 29.4 Å². The molecule has 1 aliphatic rings. The highest BCUT2D eigenvalue weighted by Crippen LogP contribution is 2.26. The molecule has 1 aliphatic heterocycles. The zero-order valence-electron chi connectivity index (χ0n) is 6.95. The number of nitrogens with zero attached hydrogens (tertiary/aromatic N) is 1. The third kappa shape index (κ3) is 1.20. The molecular formula is C10H10NO. The maximum Gasteiger partial charge on any atom is 0.158 e. The number of aryl methyl sites for hydroxylation is 1. The average molecular weight is 160 g/mol. The van der Waals surface area contributed by atoms with E-state index in [9.17, 15) is 0 Å². The quantitative estimate of drug-likeness (QED) is 0.617. The lowest BCUT2D eigenvalue weighted by atomic mass is 10.0. The third-order valence-electron chi connectivity index (χ3n) is 2.06. The van der Waals surface area contributed by atoms with Crippen LogP contribution in [0.1, 0.15) is 23.7 Å². The van der Waals surface area contributed by atoms with Gasteiger partial charge in [-0.3, -0.25) is 0 Å². The molecule has 61 valence electrons. The van der Waals surface area contributed by atoms with Crippen molar-refractivity contribution in [1.82, 2.24) is 0 Å². The van der Waals surface area contributed by atoms with Gasteiger partial charge in [0.15, 0.2) is 6.10 Å². The maximum atomic E-state index is 5.13. The first-order chi connectivity index (χ1) is 5.88. The summed E-state index contributed by atoms with van der Waals surface area (Å²) >= 11 is 0. The van der Waals surface area contributed by atoms with Crippen molar-refractivity contribution < 1.29 is 4.84 Å². The summed E-state index contributed by atoms with van der Waals surface area (Å²) in [6.07, 6.45) is 3.66. The Balaban J connectivity index is 2.27. The van der Waals surface area contributed by atoms with Crippen LogP contribution in [0.2, 0.25) is 0 Å². The van der Waals surface area contributed by atoms with E-state index in [4.69, 9.17) is 4.84 Å². The first kappa shape index (κ1) is 7.35. The SMILES string of the molecule is Cc1ccccc1C1C[C]=NO1. The molecule has 1 unspecified atom stereocenters. The van der Waals surface area contributed by atoms with Crippen molar-refractivity contribution in [2.45, 2.75) is 19.4 Å². The van der Waals surface area contributed by atoms with Crippen molar-refractivity contribution in [3.05, 3.63) is 35.4 Å². The summed E-state index contributed by atoms with van der Waals surface area (Å²) in [7, 11) is 0. The first-order valence-corrected chi connectivity index (χ1v) is 4.02. The number of hydrogen-bond acceptors (Lipinski definition) is 2. The molecule has 0 fully saturated rings. The third-order valence-corrected chi connectivity index (χ3v) is 2.06. The normalized spacial score (nSPS) is 20.9. The summed E-state index contributed by atoms with van der Waals surface area (Å²) in [5.74, 6) is 0. The molecule has 0 spiro atoms. The van der Waals surface area contributed by atoms with E-state index in [2.05, 4.69) is 30.4 Å². The Morgan fingerprint density at radius 2 is 2.33 bits per heavy atom. The molecule has 0 aliphatic carbocycles. The van der Waals surface area contributed by atoms with Crippen molar-refractivity contribution in [2.75, 3.05) is 0 Å². The van der Waals surface area contributed by atoms with Gasteiger partial charge in [-0.2, -0.15) is 0 Å². The number of benzene rings is 1. The van der Waals surface area contributed by atoms with E-state index in [1.807, 2.05) is 12.1 Å². The molecule has 2 heteroatoms. The van der Waals surface area contributed by atoms with Crippen LogP contribution in [0.25, 0.3) is 0 Å². The van der Waals surface area contributed by atoms with E-state index in [0.717, 1.165) is 6.42 Å². The minimum Gasteiger partial charge on any atom is -0.387 e. The van der Waals surface area contributed by atoms with Gasteiger partial charge in [-0.05, 0) is 18.1 Å². The van der Waals surface area contributed by atoms with E-state index in [0.29, 0.717) is 0 Å². The summed E-state index contributed by atoms with van der Waals surface area (Å²) in [6, 6.07) is 8.20. The molecule has 1 atom stereocenters. The first-order valence-electron chi connectivity index (χ1n) is 4.02.